The second kappa shape index (κ2) is 6.32. The SMILES string of the molecule is COc1ccc2nc(C(=O)N3CCC(CO)CC3)ccc2c1. The van der Waals surface area contributed by atoms with Crippen molar-refractivity contribution >= 4 is 16.8 Å². The van der Waals surface area contributed by atoms with Crippen LogP contribution in [0.5, 0.6) is 5.75 Å². The van der Waals surface area contributed by atoms with Crippen LogP contribution in [0.25, 0.3) is 10.9 Å². The summed E-state index contributed by atoms with van der Waals surface area (Å²) in [5.41, 5.74) is 1.26. The number of aromatic nitrogens is 1. The first-order valence-corrected chi connectivity index (χ1v) is 7.56. The number of amides is 1. The van der Waals surface area contributed by atoms with Crippen molar-refractivity contribution < 1.29 is 14.6 Å². The Labute approximate surface area is 129 Å². The maximum Gasteiger partial charge on any atom is 0.272 e. The molecule has 1 N–H and O–H groups in total. The molecule has 1 amide bonds. The van der Waals surface area contributed by atoms with Crippen LogP contribution in [0.2, 0.25) is 0 Å². The van der Waals surface area contributed by atoms with Gasteiger partial charge in [0.15, 0.2) is 0 Å². The number of aliphatic hydroxyl groups is 1. The van der Waals surface area contributed by atoms with Crippen LogP contribution in [0.1, 0.15) is 23.3 Å². The second-order valence-electron chi connectivity index (χ2n) is 5.67. The highest BCUT2D eigenvalue weighted by Crippen LogP contribution is 2.21. The number of carbonyl (C=O) groups excluding carboxylic acids is 1. The number of hydrogen-bond donors (Lipinski definition) is 1. The van der Waals surface area contributed by atoms with Crippen LogP contribution < -0.4 is 4.74 Å². The van der Waals surface area contributed by atoms with Gasteiger partial charge in [-0.3, -0.25) is 4.79 Å². The molecule has 2 heterocycles. The minimum atomic E-state index is -0.0332. The quantitative estimate of drug-likeness (QED) is 0.943. The van der Waals surface area contributed by atoms with Gasteiger partial charge < -0.3 is 14.7 Å². The molecule has 5 nitrogen and oxygen atoms in total. The van der Waals surface area contributed by atoms with Crippen LogP contribution in [0.3, 0.4) is 0 Å². The Hall–Kier alpha value is -2.14. The van der Waals surface area contributed by atoms with E-state index in [0.29, 0.717) is 24.7 Å². The summed E-state index contributed by atoms with van der Waals surface area (Å²) in [6.07, 6.45) is 1.71. The van der Waals surface area contributed by atoms with E-state index >= 15 is 0 Å². The maximum atomic E-state index is 12.5. The molecule has 1 aliphatic rings. The molecule has 0 atom stereocenters. The van der Waals surface area contributed by atoms with Gasteiger partial charge in [0.2, 0.25) is 0 Å². The monoisotopic (exact) mass is 300 g/mol. The summed E-state index contributed by atoms with van der Waals surface area (Å²) in [5.74, 6) is 1.06. The first kappa shape index (κ1) is 14.8. The number of carbonyl (C=O) groups is 1. The minimum Gasteiger partial charge on any atom is -0.497 e. The average molecular weight is 300 g/mol. The highest BCUT2D eigenvalue weighted by Gasteiger charge is 2.24. The predicted molar refractivity (Wildman–Crippen MR) is 84.0 cm³/mol. The van der Waals surface area contributed by atoms with Crippen LogP contribution in [-0.2, 0) is 0 Å². The van der Waals surface area contributed by atoms with Gasteiger partial charge in [-0.25, -0.2) is 4.98 Å². The lowest BCUT2D eigenvalue weighted by Crippen LogP contribution is -2.39. The standard InChI is InChI=1S/C17H20N2O3/c1-22-14-3-5-15-13(10-14)2-4-16(18-15)17(21)19-8-6-12(11-20)7-9-19/h2-5,10,12,20H,6-9,11H2,1H3. The molecule has 0 aliphatic carbocycles. The first-order valence-electron chi connectivity index (χ1n) is 7.56. The number of likely N-dealkylation sites (tertiary alicyclic amines) is 1. The highest BCUT2D eigenvalue weighted by atomic mass is 16.5. The third-order valence-corrected chi connectivity index (χ3v) is 4.28. The van der Waals surface area contributed by atoms with Gasteiger partial charge in [0.05, 0.1) is 12.6 Å². The molecular formula is C17H20N2O3. The molecule has 5 heteroatoms. The molecular weight excluding hydrogens is 280 g/mol. The van der Waals surface area contributed by atoms with E-state index in [1.54, 1.807) is 13.2 Å². The summed E-state index contributed by atoms with van der Waals surface area (Å²) >= 11 is 0. The highest BCUT2D eigenvalue weighted by molar-refractivity contribution is 5.95. The Morgan fingerprint density at radius 3 is 2.77 bits per heavy atom. The van der Waals surface area contributed by atoms with Gasteiger partial charge in [0.1, 0.15) is 11.4 Å². The zero-order valence-corrected chi connectivity index (χ0v) is 12.7. The number of rotatable bonds is 3. The molecule has 1 saturated heterocycles. The van der Waals surface area contributed by atoms with E-state index in [4.69, 9.17) is 9.84 Å². The Balaban J connectivity index is 1.79. The van der Waals surface area contributed by atoms with Crippen molar-refractivity contribution in [1.29, 1.82) is 0 Å². The molecule has 0 spiro atoms. The van der Waals surface area contributed by atoms with Gasteiger partial charge in [0, 0.05) is 25.1 Å². The average Bonchev–Trinajstić information content (AvgIpc) is 2.60. The van der Waals surface area contributed by atoms with Gasteiger partial charge in [-0.15, -0.1) is 0 Å². The fraction of sp³-hybridized carbons (Fsp3) is 0.412. The summed E-state index contributed by atoms with van der Waals surface area (Å²) in [6.45, 7) is 1.58. The van der Waals surface area contributed by atoms with Gasteiger partial charge in [-0.05, 0) is 43.0 Å². The molecule has 1 aromatic heterocycles. The largest absolute Gasteiger partial charge is 0.497 e. The number of benzene rings is 1. The zero-order valence-electron chi connectivity index (χ0n) is 12.7. The first-order chi connectivity index (χ1) is 10.7. The van der Waals surface area contributed by atoms with E-state index in [9.17, 15) is 4.79 Å². The third-order valence-electron chi connectivity index (χ3n) is 4.28. The van der Waals surface area contributed by atoms with E-state index in [1.165, 1.54) is 0 Å². The van der Waals surface area contributed by atoms with Gasteiger partial charge in [0.25, 0.3) is 5.91 Å². The number of ether oxygens (including phenoxy) is 1. The molecule has 22 heavy (non-hydrogen) atoms. The van der Waals surface area contributed by atoms with Crippen LogP contribution in [0.15, 0.2) is 30.3 Å². The molecule has 1 aromatic carbocycles. The molecule has 0 bridgehead atoms. The van der Waals surface area contributed by atoms with Crippen molar-refractivity contribution in [3.63, 3.8) is 0 Å². The van der Waals surface area contributed by atoms with Crippen molar-refractivity contribution in [2.45, 2.75) is 12.8 Å². The fourth-order valence-corrected chi connectivity index (χ4v) is 2.83. The van der Waals surface area contributed by atoms with Crippen LogP contribution in [0.4, 0.5) is 0 Å². The van der Waals surface area contributed by atoms with Crippen molar-refractivity contribution in [2.24, 2.45) is 5.92 Å². The number of nitrogens with zero attached hydrogens (tertiary/aromatic N) is 2. The van der Waals surface area contributed by atoms with Crippen LogP contribution in [0, 0.1) is 5.92 Å². The van der Waals surface area contributed by atoms with Crippen LogP contribution in [-0.4, -0.2) is 47.7 Å². The molecule has 1 fully saturated rings. The number of hydrogen-bond acceptors (Lipinski definition) is 4. The minimum absolute atomic E-state index is 0.0332. The smallest absolute Gasteiger partial charge is 0.272 e. The molecule has 1 aliphatic heterocycles. The second-order valence-corrected chi connectivity index (χ2v) is 5.67. The number of piperidine rings is 1. The summed E-state index contributed by atoms with van der Waals surface area (Å²) in [5, 5.41) is 10.1. The van der Waals surface area contributed by atoms with E-state index in [0.717, 1.165) is 29.5 Å². The topological polar surface area (TPSA) is 62.7 Å². The molecule has 0 radical (unpaired) electrons. The lowest BCUT2D eigenvalue weighted by Gasteiger charge is -2.30. The maximum absolute atomic E-state index is 12.5. The zero-order chi connectivity index (χ0) is 15.5. The van der Waals surface area contributed by atoms with Crippen LogP contribution >= 0.6 is 0 Å². The third kappa shape index (κ3) is 2.90. The number of pyridine rings is 1. The van der Waals surface area contributed by atoms with E-state index in [-0.39, 0.29) is 12.5 Å². The van der Waals surface area contributed by atoms with E-state index in [2.05, 4.69) is 4.98 Å². The molecule has 0 unspecified atom stereocenters. The summed E-state index contributed by atoms with van der Waals surface area (Å²) in [7, 11) is 1.63. The lowest BCUT2D eigenvalue weighted by atomic mass is 9.97. The number of fused-ring (bicyclic) bond motifs is 1. The lowest BCUT2D eigenvalue weighted by molar-refractivity contribution is 0.0645. The predicted octanol–water partition coefficient (Wildman–Crippen LogP) is 2.09. The number of aliphatic hydroxyl groups excluding tert-OH is 1. The summed E-state index contributed by atoms with van der Waals surface area (Å²) in [4.78, 5) is 18.8. The van der Waals surface area contributed by atoms with Gasteiger partial charge >= 0.3 is 0 Å². The molecule has 116 valence electrons. The molecule has 2 aromatic rings. The Kier molecular flexibility index (Phi) is 4.24. The van der Waals surface area contributed by atoms with Crippen molar-refractivity contribution in [1.82, 2.24) is 9.88 Å². The van der Waals surface area contributed by atoms with E-state index in [1.807, 2.05) is 29.2 Å². The van der Waals surface area contributed by atoms with E-state index < -0.39 is 0 Å². The fourth-order valence-electron chi connectivity index (χ4n) is 2.83. The van der Waals surface area contributed by atoms with Crippen molar-refractivity contribution in [3.8, 4) is 5.75 Å². The Morgan fingerprint density at radius 2 is 2.09 bits per heavy atom. The van der Waals surface area contributed by atoms with Gasteiger partial charge in [-0.2, -0.15) is 0 Å². The summed E-state index contributed by atoms with van der Waals surface area (Å²) in [6, 6.07) is 9.28. The van der Waals surface area contributed by atoms with Gasteiger partial charge in [-0.1, -0.05) is 6.07 Å². The Bertz CT molecular complexity index is 679. The number of methoxy groups -OCH3 is 1. The van der Waals surface area contributed by atoms with Crippen molar-refractivity contribution in [3.05, 3.63) is 36.0 Å². The normalized spacial score (nSPS) is 16.0. The molecule has 0 saturated carbocycles. The molecule has 3 rings (SSSR count). The van der Waals surface area contributed by atoms with Crippen molar-refractivity contribution in [2.75, 3.05) is 26.8 Å². The Morgan fingerprint density at radius 1 is 1.32 bits per heavy atom. The summed E-state index contributed by atoms with van der Waals surface area (Å²) < 4.78 is 5.19.